The van der Waals surface area contributed by atoms with Gasteiger partial charge in [0.25, 0.3) is 0 Å². The van der Waals surface area contributed by atoms with Gasteiger partial charge in [0, 0.05) is 11.6 Å². The minimum atomic E-state index is -3.70. The van der Waals surface area contributed by atoms with E-state index in [1.54, 1.807) is 24.4 Å². The monoisotopic (exact) mass is 325 g/mol. The van der Waals surface area contributed by atoms with E-state index in [-0.39, 0.29) is 11.4 Å². The van der Waals surface area contributed by atoms with E-state index in [1.165, 1.54) is 30.4 Å². The van der Waals surface area contributed by atoms with Crippen LogP contribution < -0.4 is 10.0 Å². The molecule has 8 heteroatoms. The maximum absolute atomic E-state index is 12.1. The summed E-state index contributed by atoms with van der Waals surface area (Å²) in [5.74, 6) is -0.398. The summed E-state index contributed by atoms with van der Waals surface area (Å²) in [4.78, 5) is 16.1. The van der Waals surface area contributed by atoms with Crippen molar-refractivity contribution in [3.63, 3.8) is 0 Å². The highest BCUT2D eigenvalue weighted by molar-refractivity contribution is 7.89. The largest absolute Gasteiger partial charge is 0.348 e. The van der Waals surface area contributed by atoms with Crippen LogP contribution in [0.5, 0.6) is 0 Å². The maximum Gasteiger partial charge on any atom is 0.241 e. The normalized spacial score (nSPS) is 12.8. The van der Waals surface area contributed by atoms with Gasteiger partial charge in [-0.1, -0.05) is 18.2 Å². The Kier molecular flexibility index (Phi) is 5.05. The van der Waals surface area contributed by atoms with Crippen molar-refractivity contribution in [2.45, 2.75) is 24.4 Å². The number of benzene rings is 1. The van der Waals surface area contributed by atoms with Gasteiger partial charge in [-0.2, -0.15) is 4.72 Å². The van der Waals surface area contributed by atoms with E-state index in [2.05, 4.69) is 15.0 Å². The number of hydrogen-bond acceptors (Lipinski definition) is 5. The Morgan fingerprint density at radius 2 is 2.05 bits per heavy atom. The van der Waals surface area contributed by atoms with E-state index in [0.29, 0.717) is 0 Å². The van der Waals surface area contributed by atoms with Gasteiger partial charge in [-0.15, -0.1) is 11.3 Å². The molecule has 1 heterocycles. The molecule has 0 saturated heterocycles. The molecule has 0 aliphatic carbocycles. The van der Waals surface area contributed by atoms with Gasteiger partial charge >= 0.3 is 0 Å². The average Bonchev–Trinajstić information content (AvgIpc) is 2.98. The van der Waals surface area contributed by atoms with Crippen molar-refractivity contribution in [3.8, 4) is 0 Å². The molecule has 1 unspecified atom stereocenters. The van der Waals surface area contributed by atoms with E-state index in [1.807, 2.05) is 5.38 Å². The zero-order chi connectivity index (χ0) is 15.3. The lowest BCUT2D eigenvalue weighted by Gasteiger charge is -2.14. The molecule has 1 aromatic carbocycles. The highest BCUT2D eigenvalue weighted by Crippen LogP contribution is 2.08. The van der Waals surface area contributed by atoms with Gasteiger partial charge in [0.15, 0.2) is 0 Å². The van der Waals surface area contributed by atoms with Crippen molar-refractivity contribution < 1.29 is 13.2 Å². The number of rotatable bonds is 6. The fourth-order valence-electron chi connectivity index (χ4n) is 1.61. The SMILES string of the molecule is CC(NS(=O)(=O)c1ccccc1)C(=O)NCc1nccs1. The van der Waals surface area contributed by atoms with Crippen LogP contribution in [0.3, 0.4) is 0 Å². The number of carbonyl (C=O) groups is 1. The number of hydrogen-bond donors (Lipinski definition) is 2. The fourth-order valence-corrected chi connectivity index (χ4v) is 3.39. The summed E-state index contributed by atoms with van der Waals surface area (Å²) in [7, 11) is -3.70. The van der Waals surface area contributed by atoms with Gasteiger partial charge in [-0.3, -0.25) is 4.79 Å². The van der Waals surface area contributed by atoms with Crippen LogP contribution in [0.25, 0.3) is 0 Å². The van der Waals surface area contributed by atoms with Crippen molar-refractivity contribution >= 4 is 27.3 Å². The van der Waals surface area contributed by atoms with Crippen LogP contribution >= 0.6 is 11.3 Å². The summed E-state index contributed by atoms with van der Waals surface area (Å²) in [6.45, 7) is 1.78. The summed E-state index contributed by atoms with van der Waals surface area (Å²) >= 11 is 1.42. The number of amides is 1. The van der Waals surface area contributed by atoms with Crippen LogP contribution in [-0.4, -0.2) is 25.4 Å². The summed E-state index contributed by atoms with van der Waals surface area (Å²) in [6.07, 6.45) is 1.65. The molecule has 0 saturated carbocycles. The standard InChI is InChI=1S/C13H15N3O3S2/c1-10(13(17)15-9-12-14-7-8-20-12)16-21(18,19)11-5-3-2-4-6-11/h2-8,10,16H,9H2,1H3,(H,15,17). The van der Waals surface area contributed by atoms with Crippen LogP contribution in [0.15, 0.2) is 46.8 Å². The molecule has 2 N–H and O–H groups in total. The second kappa shape index (κ2) is 6.79. The van der Waals surface area contributed by atoms with Gasteiger partial charge in [0.05, 0.1) is 17.5 Å². The highest BCUT2D eigenvalue weighted by atomic mass is 32.2. The highest BCUT2D eigenvalue weighted by Gasteiger charge is 2.21. The lowest BCUT2D eigenvalue weighted by molar-refractivity contribution is -0.122. The van der Waals surface area contributed by atoms with Crippen molar-refractivity contribution in [2.24, 2.45) is 0 Å². The third-order valence-corrected chi connectivity index (χ3v) is 5.01. The van der Waals surface area contributed by atoms with E-state index in [9.17, 15) is 13.2 Å². The van der Waals surface area contributed by atoms with Gasteiger partial charge < -0.3 is 5.32 Å². The summed E-state index contributed by atoms with van der Waals surface area (Å²) in [5.41, 5.74) is 0. The second-order valence-corrected chi connectivity index (χ2v) is 6.99. The lowest BCUT2D eigenvalue weighted by Crippen LogP contribution is -2.44. The molecule has 1 atom stereocenters. The van der Waals surface area contributed by atoms with Crippen LogP contribution in [-0.2, 0) is 21.4 Å². The second-order valence-electron chi connectivity index (χ2n) is 4.30. The molecule has 0 bridgehead atoms. The van der Waals surface area contributed by atoms with Gasteiger partial charge in [-0.05, 0) is 19.1 Å². The summed E-state index contributed by atoms with van der Waals surface area (Å²) in [5, 5.41) is 5.21. The first-order valence-corrected chi connectivity index (χ1v) is 8.59. The molecule has 0 fully saturated rings. The Bertz CT molecular complexity index is 685. The fraction of sp³-hybridized carbons (Fsp3) is 0.231. The third-order valence-electron chi connectivity index (χ3n) is 2.68. The molecule has 112 valence electrons. The molecule has 6 nitrogen and oxygen atoms in total. The molecule has 1 amide bonds. The van der Waals surface area contributed by atoms with Gasteiger partial charge in [-0.25, -0.2) is 13.4 Å². The molecule has 0 radical (unpaired) electrons. The predicted molar refractivity (Wildman–Crippen MR) is 80.2 cm³/mol. The Balaban J connectivity index is 1.94. The first-order chi connectivity index (χ1) is 9.99. The molecule has 1 aromatic heterocycles. The van der Waals surface area contributed by atoms with Gasteiger partial charge in [0.2, 0.25) is 15.9 Å². The zero-order valence-corrected chi connectivity index (χ0v) is 12.9. The molecule has 2 rings (SSSR count). The molecular weight excluding hydrogens is 310 g/mol. The first-order valence-electron chi connectivity index (χ1n) is 6.22. The molecule has 21 heavy (non-hydrogen) atoms. The lowest BCUT2D eigenvalue weighted by atomic mass is 10.3. The molecule has 0 spiro atoms. The van der Waals surface area contributed by atoms with E-state index >= 15 is 0 Å². The van der Waals surface area contributed by atoms with Crippen molar-refractivity contribution in [2.75, 3.05) is 0 Å². The quantitative estimate of drug-likeness (QED) is 0.833. The van der Waals surface area contributed by atoms with Crippen LogP contribution in [0.4, 0.5) is 0 Å². The minimum absolute atomic E-state index is 0.129. The Morgan fingerprint density at radius 1 is 1.33 bits per heavy atom. The Hall–Kier alpha value is -1.77. The van der Waals surface area contributed by atoms with E-state index < -0.39 is 22.0 Å². The van der Waals surface area contributed by atoms with E-state index in [0.717, 1.165) is 5.01 Å². The van der Waals surface area contributed by atoms with Gasteiger partial charge in [0.1, 0.15) is 5.01 Å². The zero-order valence-electron chi connectivity index (χ0n) is 11.3. The van der Waals surface area contributed by atoms with Crippen molar-refractivity contribution in [3.05, 3.63) is 46.9 Å². The summed E-state index contributed by atoms with van der Waals surface area (Å²) < 4.78 is 26.5. The first kappa shape index (κ1) is 15.6. The smallest absolute Gasteiger partial charge is 0.241 e. The topological polar surface area (TPSA) is 88.2 Å². The molecule has 2 aromatic rings. The van der Waals surface area contributed by atoms with E-state index in [4.69, 9.17) is 0 Å². The number of nitrogens with zero attached hydrogens (tertiary/aromatic N) is 1. The van der Waals surface area contributed by atoms with Crippen LogP contribution in [0.1, 0.15) is 11.9 Å². The maximum atomic E-state index is 12.1. The number of sulfonamides is 1. The molecule has 0 aliphatic heterocycles. The van der Waals surface area contributed by atoms with Crippen LogP contribution in [0, 0.1) is 0 Å². The number of nitrogens with one attached hydrogen (secondary N) is 2. The summed E-state index contributed by atoms with van der Waals surface area (Å²) in [6, 6.07) is 7.06. The number of carbonyl (C=O) groups excluding carboxylic acids is 1. The van der Waals surface area contributed by atoms with Crippen LogP contribution in [0.2, 0.25) is 0 Å². The molecule has 0 aliphatic rings. The van der Waals surface area contributed by atoms with Crippen molar-refractivity contribution in [1.82, 2.24) is 15.0 Å². The molecular formula is C13H15N3O3S2. The minimum Gasteiger partial charge on any atom is -0.348 e. The number of aromatic nitrogens is 1. The van der Waals surface area contributed by atoms with Crippen molar-refractivity contribution in [1.29, 1.82) is 0 Å². The Labute approximate surface area is 127 Å². The average molecular weight is 325 g/mol. The Morgan fingerprint density at radius 3 is 2.67 bits per heavy atom. The third kappa shape index (κ3) is 4.35. The number of thiazole rings is 1. The predicted octanol–water partition coefficient (Wildman–Crippen LogP) is 1.13.